The van der Waals surface area contributed by atoms with E-state index >= 15 is 0 Å². The lowest BCUT2D eigenvalue weighted by molar-refractivity contribution is -0.184. The Kier molecular flexibility index (Phi) is 6.28. The Morgan fingerprint density at radius 3 is 1.50 bits per heavy atom. The van der Waals surface area contributed by atoms with E-state index < -0.39 is 46.5 Å². The molecule has 0 amide bonds. The first kappa shape index (κ1) is 25.6. The number of carbonyl (C=O) groups is 4. The average Bonchev–Trinajstić information content (AvgIpc) is 2.85. The fourth-order valence-corrected chi connectivity index (χ4v) is 6.35. The molecule has 0 aromatic heterocycles. The van der Waals surface area contributed by atoms with Crippen molar-refractivity contribution in [2.75, 3.05) is 26.4 Å². The molecule has 10 heteroatoms. The van der Waals surface area contributed by atoms with E-state index in [1.807, 2.05) is 13.8 Å². The lowest BCUT2D eigenvalue weighted by atomic mass is 9.35. The van der Waals surface area contributed by atoms with Crippen LogP contribution in [-0.2, 0) is 39.5 Å². The molecule has 5 rings (SSSR count). The number of benzene rings is 2. The molecule has 0 saturated heterocycles. The van der Waals surface area contributed by atoms with Gasteiger partial charge in [0, 0.05) is 34.1 Å². The molecule has 200 valence electrons. The molecule has 1 aliphatic carbocycles. The molecule has 10 nitrogen and oxygen atoms in total. The summed E-state index contributed by atoms with van der Waals surface area (Å²) in [5.74, 6) is -2.05. The van der Waals surface area contributed by atoms with E-state index in [1.165, 1.54) is 0 Å². The summed E-state index contributed by atoms with van der Waals surface area (Å²) in [5, 5.41) is 0. The standard InChI is InChI=1S/C28H28O10/c1-5-33-21(29)13-35-15-7-9-17-19(11-15)37-25(31)23-27(17,3)24-26(32)38-20-12-16(36-14-22(30)34-6-2)8-10-18(20)28(23,24)4/h7-12,23-24H,5-6,13-14H2,1-4H3. The summed E-state index contributed by atoms with van der Waals surface area (Å²) in [6.07, 6.45) is 0. The van der Waals surface area contributed by atoms with E-state index in [4.69, 9.17) is 28.4 Å². The minimum Gasteiger partial charge on any atom is -0.482 e. The summed E-state index contributed by atoms with van der Waals surface area (Å²) in [4.78, 5) is 50.1. The Balaban J connectivity index is 1.44. The predicted molar refractivity (Wildman–Crippen MR) is 130 cm³/mol. The largest absolute Gasteiger partial charge is 0.482 e. The van der Waals surface area contributed by atoms with Crippen molar-refractivity contribution in [1.82, 2.24) is 0 Å². The zero-order valence-electron chi connectivity index (χ0n) is 21.5. The number of ether oxygens (including phenoxy) is 6. The molecule has 2 aliphatic heterocycles. The van der Waals surface area contributed by atoms with Crippen LogP contribution in [0.2, 0.25) is 0 Å². The topological polar surface area (TPSA) is 124 Å². The van der Waals surface area contributed by atoms with Gasteiger partial charge >= 0.3 is 23.9 Å². The third-order valence-electron chi connectivity index (χ3n) is 7.68. The molecule has 2 aromatic carbocycles. The molecule has 1 fully saturated rings. The Morgan fingerprint density at radius 2 is 1.13 bits per heavy atom. The monoisotopic (exact) mass is 524 g/mol. The maximum atomic E-state index is 13.4. The fraction of sp³-hybridized carbons (Fsp3) is 0.429. The van der Waals surface area contributed by atoms with Crippen molar-refractivity contribution >= 4 is 23.9 Å². The van der Waals surface area contributed by atoms with Gasteiger partial charge in [-0.15, -0.1) is 0 Å². The van der Waals surface area contributed by atoms with E-state index in [2.05, 4.69) is 0 Å². The Labute approximate surface area is 219 Å². The molecule has 0 atom stereocenters. The van der Waals surface area contributed by atoms with Gasteiger partial charge in [-0.05, 0) is 26.0 Å². The third kappa shape index (κ3) is 3.77. The van der Waals surface area contributed by atoms with Crippen LogP contribution in [0.5, 0.6) is 23.0 Å². The van der Waals surface area contributed by atoms with E-state index in [9.17, 15) is 19.2 Å². The van der Waals surface area contributed by atoms with Crippen molar-refractivity contribution in [2.24, 2.45) is 11.8 Å². The summed E-state index contributed by atoms with van der Waals surface area (Å²) in [6.45, 7) is 7.05. The van der Waals surface area contributed by atoms with Gasteiger partial charge in [-0.25, -0.2) is 9.59 Å². The lowest BCUT2D eigenvalue weighted by Crippen LogP contribution is -2.75. The van der Waals surface area contributed by atoms with Gasteiger partial charge in [-0.2, -0.15) is 0 Å². The molecular formula is C28H28O10. The van der Waals surface area contributed by atoms with Crippen LogP contribution >= 0.6 is 0 Å². The van der Waals surface area contributed by atoms with Gasteiger partial charge in [0.1, 0.15) is 23.0 Å². The summed E-state index contributed by atoms with van der Waals surface area (Å²) >= 11 is 0. The minimum atomic E-state index is -0.882. The molecular weight excluding hydrogens is 496 g/mol. The Hall–Kier alpha value is -4.08. The predicted octanol–water partition coefficient (Wildman–Crippen LogP) is 2.87. The molecule has 0 spiro atoms. The zero-order valence-corrected chi connectivity index (χ0v) is 21.5. The smallest absolute Gasteiger partial charge is 0.344 e. The van der Waals surface area contributed by atoms with Gasteiger partial charge in [-0.3, -0.25) is 9.59 Å². The van der Waals surface area contributed by atoms with Crippen LogP contribution in [0.25, 0.3) is 0 Å². The molecule has 38 heavy (non-hydrogen) atoms. The van der Waals surface area contributed by atoms with Gasteiger partial charge in [0.25, 0.3) is 0 Å². The highest BCUT2D eigenvalue weighted by atomic mass is 16.6. The first-order valence-corrected chi connectivity index (χ1v) is 12.4. The molecule has 2 heterocycles. The number of esters is 4. The first-order chi connectivity index (χ1) is 18.1. The van der Waals surface area contributed by atoms with Crippen LogP contribution in [0, 0.1) is 11.8 Å². The molecule has 3 aliphatic rings. The second kappa shape index (κ2) is 9.34. The summed E-state index contributed by atoms with van der Waals surface area (Å²) in [7, 11) is 0. The van der Waals surface area contributed by atoms with E-state index in [1.54, 1.807) is 50.2 Å². The zero-order chi connectivity index (χ0) is 27.2. The van der Waals surface area contributed by atoms with Crippen LogP contribution < -0.4 is 18.9 Å². The minimum absolute atomic E-state index is 0.241. The summed E-state index contributed by atoms with van der Waals surface area (Å²) < 4.78 is 32.2. The highest BCUT2D eigenvalue weighted by Crippen LogP contribution is 2.71. The molecule has 0 unspecified atom stereocenters. The van der Waals surface area contributed by atoms with Crippen LogP contribution in [-0.4, -0.2) is 50.3 Å². The van der Waals surface area contributed by atoms with Crippen LogP contribution in [0.15, 0.2) is 36.4 Å². The van der Waals surface area contributed by atoms with E-state index in [0.29, 0.717) is 22.6 Å². The van der Waals surface area contributed by atoms with Gasteiger partial charge in [0.15, 0.2) is 13.2 Å². The molecule has 0 N–H and O–H groups in total. The SMILES string of the molecule is CCOC(=O)COc1ccc2c(c1)OC(=O)C1C2(C)C2C(=O)Oc3cc(OCC(=O)OCC)ccc3C12C. The van der Waals surface area contributed by atoms with Gasteiger partial charge < -0.3 is 28.4 Å². The van der Waals surface area contributed by atoms with E-state index in [0.717, 1.165) is 0 Å². The second-order valence-corrected chi connectivity index (χ2v) is 9.78. The van der Waals surface area contributed by atoms with Crippen molar-refractivity contribution in [3.05, 3.63) is 47.5 Å². The maximum Gasteiger partial charge on any atom is 0.344 e. The number of fused-ring (bicyclic) bond motifs is 8. The van der Waals surface area contributed by atoms with Crippen molar-refractivity contribution in [1.29, 1.82) is 0 Å². The van der Waals surface area contributed by atoms with Gasteiger partial charge in [0.05, 0.1) is 25.0 Å². The number of hydrogen-bond donors (Lipinski definition) is 0. The van der Waals surface area contributed by atoms with Crippen LogP contribution in [0.1, 0.15) is 38.8 Å². The lowest BCUT2D eigenvalue weighted by Gasteiger charge is -2.66. The van der Waals surface area contributed by atoms with Crippen molar-refractivity contribution in [3.8, 4) is 23.0 Å². The molecule has 0 radical (unpaired) electrons. The van der Waals surface area contributed by atoms with Crippen LogP contribution in [0.4, 0.5) is 0 Å². The summed E-state index contributed by atoms with van der Waals surface area (Å²) in [6, 6.07) is 9.93. The molecule has 0 bridgehead atoms. The van der Waals surface area contributed by atoms with Crippen molar-refractivity contribution in [2.45, 2.75) is 38.5 Å². The quantitative estimate of drug-likeness (QED) is 0.376. The Bertz CT molecular complexity index is 1220. The summed E-state index contributed by atoms with van der Waals surface area (Å²) in [5.41, 5.74) is -0.398. The highest BCUT2D eigenvalue weighted by molar-refractivity contribution is 5.94. The maximum absolute atomic E-state index is 13.4. The molecule has 2 aromatic rings. The fourth-order valence-electron chi connectivity index (χ4n) is 6.35. The van der Waals surface area contributed by atoms with Crippen molar-refractivity contribution in [3.63, 3.8) is 0 Å². The van der Waals surface area contributed by atoms with Crippen molar-refractivity contribution < 1.29 is 47.6 Å². The van der Waals surface area contributed by atoms with Gasteiger partial charge in [-0.1, -0.05) is 26.0 Å². The molecule has 1 saturated carbocycles. The number of rotatable bonds is 8. The third-order valence-corrected chi connectivity index (χ3v) is 7.68. The Morgan fingerprint density at radius 1 is 0.737 bits per heavy atom. The number of hydrogen-bond acceptors (Lipinski definition) is 10. The second-order valence-electron chi connectivity index (χ2n) is 9.78. The normalized spacial score (nSPS) is 26.2. The average molecular weight is 525 g/mol. The van der Waals surface area contributed by atoms with Gasteiger partial charge in [0.2, 0.25) is 0 Å². The first-order valence-electron chi connectivity index (χ1n) is 12.4. The van der Waals surface area contributed by atoms with Crippen LogP contribution in [0.3, 0.4) is 0 Å². The number of carbonyl (C=O) groups excluding carboxylic acids is 4. The van der Waals surface area contributed by atoms with E-state index in [-0.39, 0.29) is 37.9 Å². The highest BCUT2D eigenvalue weighted by Gasteiger charge is 2.77.